The summed E-state index contributed by atoms with van der Waals surface area (Å²) in [6.07, 6.45) is 3.56. The first kappa shape index (κ1) is 18.4. The summed E-state index contributed by atoms with van der Waals surface area (Å²) >= 11 is 0. The van der Waals surface area contributed by atoms with Crippen molar-refractivity contribution < 1.29 is 9.53 Å². The molecule has 0 heterocycles. The Labute approximate surface area is 130 Å². The predicted octanol–water partition coefficient (Wildman–Crippen LogP) is 2.66. The van der Waals surface area contributed by atoms with E-state index in [1.54, 1.807) is 0 Å². The first-order valence-corrected chi connectivity index (χ1v) is 8.43. The molecular weight excluding hydrogens is 264 g/mol. The molecule has 0 bridgehead atoms. The van der Waals surface area contributed by atoms with Crippen molar-refractivity contribution in [1.82, 2.24) is 4.90 Å². The van der Waals surface area contributed by atoms with Crippen LogP contribution in [0.4, 0.5) is 0 Å². The van der Waals surface area contributed by atoms with E-state index in [2.05, 4.69) is 32.6 Å². The van der Waals surface area contributed by atoms with E-state index in [0.717, 1.165) is 13.0 Å². The van der Waals surface area contributed by atoms with Crippen LogP contribution >= 0.6 is 0 Å². The van der Waals surface area contributed by atoms with Crippen LogP contribution in [0.25, 0.3) is 0 Å². The molecule has 0 aliphatic heterocycles. The Morgan fingerprint density at radius 2 is 1.95 bits per heavy atom. The molecule has 3 atom stereocenters. The Bertz CT molecular complexity index is 325. The van der Waals surface area contributed by atoms with Crippen molar-refractivity contribution in [2.45, 2.75) is 59.9 Å². The summed E-state index contributed by atoms with van der Waals surface area (Å²) in [4.78, 5) is 14.1. The van der Waals surface area contributed by atoms with Gasteiger partial charge in [-0.1, -0.05) is 27.7 Å². The topological polar surface area (TPSA) is 55.6 Å². The Morgan fingerprint density at radius 1 is 1.29 bits per heavy atom. The van der Waals surface area contributed by atoms with Gasteiger partial charge in [0.25, 0.3) is 0 Å². The second kappa shape index (κ2) is 8.14. The molecule has 1 aliphatic rings. The number of likely N-dealkylation sites (N-methyl/N-ethyl adjacent to an activating group) is 1. The SMILES string of the molecule is CCOC(=O)CN(CC)C1CC(C(C)(C)C)CCC1CN. The Hall–Kier alpha value is -0.610. The number of carbonyl (C=O) groups excluding carboxylic acids is 1. The van der Waals surface area contributed by atoms with E-state index in [4.69, 9.17) is 10.5 Å². The summed E-state index contributed by atoms with van der Waals surface area (Å²) in [7, 11) is 0. The molecule has 1 aliphatic carbocycles. The summed E-state index contributed by atoms with van der Waals surface area (Å²) in [5, 5.41) is 0. The van der Waals surface area contributed by atoms with Gasteiger partial charge in [-0.25, -0.2) is 0 Å². The lowest BCUT2D eigenvalue weighted by Crippen LogP contribution is -2.50. The fourth-order valence-electron chi connectivity index (χ4n) is 3.55. The fourth-order valence-corrected chi connectivity index (χ4v) is 3.55. The molecule has 1 rings (SSSR count). The molecule has 0 amide bonds. The highest BCUT2D eigenvalue weighted by molar-refractivity contribution is 5.71. The zero-order chi connectivity index (χ0) is 16.0. The zero-order valence-corrected chi connectivity index (χ0v) is 14.5. The van der Waals surface area contributed by atoms with Gasteiger partial charge in [0.15, 0.2) is 0 Å². The maximum Gasteiger partial charge on any atom is 0.320 e. The predicted molar refractivity (Wildman–Crippen MR) is 87.0 cm³/mol. The van der Waals surface area contributed by atoms with Gasteiger partial charge in [0.2, 0.25) is 0 Å². The monoisotopic (exact) mass is 298 g/mol. The van der Waals surface area contributed by atoms with Crippen LogP contribution in [0.1, 0.15) is 53.9 Å². The molecular formula is C17H34N2O2. The number of rotatable bonds is 6. The largest absolute Gasteiger partial charge is 0.465 e. The van der Waals surface area contributed by atoms with E-state index in [-0.39, 0.29) is 5.97 Å². The van der Waals surface area contributed by atoms with Crippen LogP contribution in [-0.4, -0.2) is 43.2 Å². The molecule has 124 valence electrons. The highest BCUT2D eigenvalue weighted by Gasteiger charge is 2.38. The molecule has 3 unspecified atom stereocenters. The van der Waals surface area contributed by atoms with Gasteiger partial charge in [-0.15, -0.1) is 0 Å². The fraction of sp³-hybridized carbons (Fsp3) is 0.941. The third kappa shape index (κ3) is 5.26. The van der Waals surface area contributed by atoms with E-state index in [0.29, 0.717) is 43.0 Å². The zero-order valence-electron chi connectivity index (χ0n) is 14.5. The van der Waals surface area contributed by atoms with Crippen LogP contribution in [0.2, 0.25) is 0 Å². The van der Waals surface area contributed by atoms with E-state index in [1.807, 2.05) is 6.92 Å². The van der Waals surface area contributed by atoms with Gasteiger partial charge in [0, 0.05) is 6.04 Å². The standard InChI is InChI=1S/C17H34N2O2/c1-6-19(12-16(20)21-7-2)15-10-14(17(3,4)5)9-8-13(15)11-18/h13-15H,6-12,18H2,1-5H3. The summed E-state index contributed by atoms with van der Waals surface area (Å²) in [5.74, 6) is 1.08. The summed E-state index contributed by atoms with van der Waals surface area (Å²) in [6, 6.07) is 0.405. The molecule has 0 saturated heterocycles. The lowest BCUT2D eigenvalue weighted by Gasteiger charge is -2.45. The number of ether oxygens (including phenoxy) is 1. The lowest BCUT2D eigenvalue weighted by atomic mass is 9.67. The summed E-state index contributed by atoms with van der Waals surface area (Å²) in [5.41, 5.74) is 6.31. The van der Waals surface area contributed by atoms with Crippen molar-refractivity contribution in [3.63, 3.8) is 0 Å². The number of nitrogens with zero attached hydrogens (tertiary/aromatic N) is 1. The second-order valence-corrected chi connectivity index (χ2v) is 7.31. The summed E-state index contributed by atoms with van der Waals surface area (Å²) in [6.45, 7) is 13.4. The van der Waals surface area contributed by atoms with Crippen LogP contribution in [-0.2, 0) is 9.53 Å². The maximum absolute atomic E-state index is 11.8. The van der Waals surface area contributed by atoms with Gasteiger partial charge >= 0.3 is 5.97 Å². The van der Waals surface area contributed by atoms with Gasteiger partial charge in [-0.3, -0.25) is 9.69 Å². The minimum absolute atomic E-state index is 0.118. The normalized spacial score (nSPS) is 26.9. The molecule has 2 N–H and O–H groups in total. The summed E-state index contributed by atoms with van der Waals surface area (Å²) < 4.78 is 5.12. The number of nitrogens with two attached hydrogens (primary N) is 1. The minimum atomic E-state index is -0.118. The quantitative estimate of drug-likeness (QED) is 0.766. The van der Waals surface area contributed by atoms with Gasteiger partial charge in [0.1, 0.15) is 0 Å². The Kier molecular flexibility index (Phi) is 7.14. The number of esters is 1. The number of hydrogen-bond acceptors (Lipinski definition) is 4. The molecule has 21 heavy (non-hydrogen) atoms. The van der Waals surface area contributed by atoms with Crippen LogP contribution < -0.4 is 5.73 Å². The molecule has 0 aromatic rings. The first-order chi connectivity index (χ1) is 9.83. The van der Waals surface area contributed by atoms with E-state index >= 15 is 0 Å². The lowest BCUT2D eigenvalue weighted by molar-refractivity contribution is -0.145. The van der Waals surface area contributed by atoms with Crippen molar-refractivity contribution in [2.75, 3.05) is 26.2 Å². The third-order valence-electron chi connectivity index (χ3n) is 5.00. The molecule has 0 spiro atoms. The smallest absolute Gasteiger partial charge is 0.320 e. The molecule has 1 fully saturated rings. The van der Waals surface area contributed by atoms with Crippen molar-refractivity contribution >= 4 is 5.97 Å². The minimum Gasteiger partial charge on any atom is -0.465 e. The van der Waals surface area contributed by atoms with Crippen LogP contribution in [0.5, 0.6) is 0 Å². The highest BCUT2D eigenvalue weighted by Crippen LogP contribution is 2.41. The van der Waals surface area contributed by atoms with Crippen LogP contribution in [0.15, 0.2) is 0 Å². The Morgan fingerprint density at radius 3 is 2.43 bits per heavy atom. The molecule has 0 radical (unpaired) electrons. The second-order valence-electron chi connectivity index (χ2n) is 7.31. The van der Waals surface area contributed by atoms with Crippen molar-refractivity contribution in [2.24, 2.45) is 23.0 Å². The number of carbonyl (C=O) groups is 1. The van der Waals surface area contributed by atoms with Crippen molar-refractivity contribution in [3.8, 4) is 0 Å². The van der Waals surface area contributed by atoms with Gasteiger partial charge in [-0.05, 0) is 56.5 Å². The average Bonchev–Trinajstić information content (AvgIpc) is 2.43. The van der Waals surface area contributed by atoms with Crippen molar-refractivity contribution in [3.05, 3.63) is 0 Å². The average molecular weight is 298 g/mol. The van der Waals surface area contributed by atoms with E-state index in [1.165, 1.54) is 12.8 Å². The molecule has 0 aromatic heterocycles. The molecule has 4 nitrogen and oxygen atoms in total. The maximum atomic E-state index is 11.8. The molecule has 1 saturated carbocycles. The highest BCUT2D eigenvalue weighted by atomic mass is 16.5. The van der Waals surface area contributed by atoms with Crippen molar-refractivity contribution in [1.29, 1.82) is 0 Å². The molecule has 4 heteroatoms. The van der Waals surface area contributed by atoms with E-state index < -0.39 is 0 Å². The van der Waals surface area contributed by atoms with Crippen LogP contribution in [0.3, 0.4) is 0 Å². The Balaban J connectivity index is 2.78. The van der Waals surface area contributed by atoms with Gasteiger partial charge < -0.3 is 10.5 Å². The van der Waals surface area contributed by atoms with Gasteiger partial charge in [0.05, 0.1) is 13.2 Å². The molecule has 0 aromatic carbocycles. The van der Waals surface area contributed by atoms with Crippen LogP contribution in [0, 0.1) is 17.3 Å². The first-order valence-electron chi connectivity index (χ1n) is 8.43. The van der Waals surface area contributed by atoms with Gasteiger partial charge in [-0.2, -0.15) is 0 Å². The van der Waals surface area contributed by atoms with E-state index in [9.17, 15) is 4.79 Å². The number of hydrogen-bond donors (Lipinski definition) is 1. The third-order valence-corrected chi connectivity index (χ3v) is 5.00.